The molecule has 2 aromatic carbocycles. The van der Waals surface area contributed by atoms with Crippen LogP contribution in [0.25, 0.3) is 17.2 Å². The molecule has 0 bridgehead atoms. The number of allylic oxidation sites excluding steroid dienone is 1. The summed E-state index contributed by atoms with van der Waals surface area (Å²) in [6.45, 7) is 11.5. The Balaban J connectivity index is 1.74. The van der Waals surface area contributed by atoms with E-state index in [1.54, 1.807) is 0 Å². The summed E-state index contributed by atoms with van der Waals surface area (Å²) in [5.74, 6) is 0. The lowest BCUT2D eigenvalue weighted by Crippen LogP contribution is -2.23. The van der Waals surface area contributed by atoms with Crippen LogP contribution in [0.5, 0.6) is 0 Å². The molecular weight excluding hydrogens is 356 g/mol. The predicted molar refractivity (Wildman–Crippen MR) is 124 cm³/mol. The average molecular weight is 391 g/mol. The number of nitrogens with one attached hydrogen (secondary N) is 1. The second kappa shape index (κ2) is 9.41. The molecule has 154 valence electrons. The fraction of sp³-hybridized carbons (Fsp3) is 0.423. The SMILES string of the molecule is CC(C)NCCCCC=Cc1ccc2c(c1)C(=NOC(C)(C)C)c1ccccc1-2. The third-order valence-electron chi connectivity index (χ3n) is 4.84. The average Bonchev–Trinajstić information content (AvgIpc) is 2.98. The first kappa shape index (κ1) is 21.3. The van der Waals surface area contributed by atoms with Crippen LogP contribution in [0.1, 0.15) is 70.6 Å². The smallest absolute Gasteiger partial charge is 0.129 e. The van der Waals surface area contributed by atoms with Gasteiger partial charge in [0.2, 0.25) is 0 Å². The summed E-state index contributed by atoms with van der Waals surface area (Å²) >= 11 is 0. The number of benzene rings is 2. The monoisotopic (exact) mass is 390 g/mol. The van der Waals surface area contributed by atoms with Crippen molar-refractivity contribution in [3.8, 4) is 11.1 Å². The summed E-state index contributed by atoms with van der Waals surface area (Å²) in [6, 6.07) is 15.6. The highest BCUT2D eigenvalue weighted by atomic mass is 16.6. The molecule has 0 aromatic heterocycles. The van der Waals surface area contributed by atoms with Gasteiger partial charge in [0.15, 0.2) is 0 Å². The van der Waals surface area contributed by atoms with Gasteiger partial charge in [-0.2, -0.15) is 0 Å². The molecule has 0 spiro atoms. The van der Waals surface area contributed by atoms with Crippen molar-refractivity contribution in [1.29, 1.82) is 0 Å². The first-order valence-corrected chi connectivity index (χ1v) is 10.8. The van der Waals surface area contributed by atoms with E-state index in [1.807, 2.05) is 20.8 Å². The molecule has 3 rings (SSSR count). The van der Waals surface area contributed by atoms with E-state index in [9.17, 15) is 0 Å². The highest BCUT2D eigenvalue weighted by molar-refractivity contribution is 6.24. The van der Waals surface area contributed by atoms with Gasteiger partial charge in [-0.3, -0.25) is 0 Å². The largest absolute Gasteiger partial charge is 0.390 e. The summed E-state index contributed by atoms with van der Waals surface area (Å²) in [6.07, 6.45) is 8.02. The second-order valence-electron chi connectivity index (χ2n) is 9.00. The zero-order valence-corrected chi connectivity index (χ0v) is 18.5. The van der Waals surface area contributed by atoms with Crippen molar-refractivity contribution in [3.05, 3.63) is 65.2 Å². The number of unbranched alkanes of at least 4 members (excludes halogenated alkanes) is 2. The molecule has 0 saturated carbocycles. The molecule has 0 unspecified atom stereocenters. The Kier molecular flexibility index (Phi) is 6.92. The Bertz CT molecular complexity index is 888. The molecule has 1 N–H and O–H groups in total. The maximum absolute atomic E-state index is 5.78. The number of rotatable bonds is 8. The van der Waals surface area contributed by atoms with Gasteiger partial charge in [0.25, 0.3) is 0 Å². The summed E-state index contributed by atoms with van der Waals surface area (Å²) in [4.78, 5) is 5.78. The standard InChI is InChI=1S/C26H34N2O/c1-19(2)27-17-11-7-6-8-12-20-15-16-22-21-13-9-10-14-23(21)25(24(22)18-20)28-29-26(3,4)5/h8-10,12-16,18-19,27H,6-7,11,17H2,1-5H3. The van der Waals surface area contributed by atoms with Crippen molar-refractivity contribution in [1.82, 2.24) is 5.32 Å². The molecule has 3 nitrogen and oxygen atoms in total. The predicted octanol–water partition coefficient (Wildman–Crippen LogP) is 6.42. The van der Waals surface area contributed by atoms with Gasteiger partial charge in [-0.1, -0.05) is 67.6 Å². The lowest BCUT2D eigenvalue weighted by atomic mass is 10.0. The number of hydrogen-bond donors (Lipinski definition) is 1. The molecule has 29 heavy (non-hydrogen) atoms. The molecule has 0 aliphatic heterocycles. The van der Waals surface area contributed by atoms with Crippen LogP contribution in [0.3, 0.4) is 0 Å². The maximum Gasteiger partial charge on any atom is 0.129 e. The van der Waals surface area contributed by atoms with Crippen molar-refractivity contribution < 1.29 is 4.84 Å². The minimum Gasteiger partial charge on any atom is -0.390 e. The van der Waals surface area contributed by atoms with E-state index in [-0.39, 0.29) is 5.60 Å². The first-order chi connectivity index (χ1) is 13.8. The number of nitrogens with zero attached hydrogens (tertiary/aromatic N) is 1. The molecule has 0 atom stereocenters. The van der Waals surface area contributed by atoms with Crippen LogP contribution in [0, 0.1) is 0 Å². The first-order valence-electron chi connectivity index (χ1n) is 10.8. The molecule has 1 aliphatic rings. The number of fused-ring (bicyclic) bond motifs is 3. The summed E-state index contributed by atoms with van der Waals surface area (Å²) in [7, 11) is 0. The fourth-order valence-corrected chi connectivity index (χ4v) is 3.44. The lowest BCUT2D eigenvalue weighted by Gasteiger charge is -2.16. The normalized spacial score (nSPS) is 14.6. The second-order valence-corrected chi connectivity index (χ2v) is 9.00. The van der Waals surface area contributed by atoms with Gasteiger partial charge < -0.3 is 10.2 Å². The molecular formula is C26H34N2O. The van der Waals surface area contributed by atoms with E-state index < -0.39 is 0 Å². The molecule has 2 aromatic rings. The van der Waals surface area contributed by atoms with Crippen LogP contribution in [0.15, 0.2) is 53.7 Å². The van der Waals surface area contributed by atoms with Crippen LogP contribution >= 0.6 is 0 Å². The highest BCUT2D eigenvalue weighted by Gasteiger charge is 2.26. The topological polar surface area (TPSA) is 33.6 Å². The van der Waals surface area contributed by atoms with Crippen molar-refractivity contribution in [2.75, 3.05) is 6.54 Å². The van der Waals surface area contributed by atoms with Crippen LogP contribution in [0.2, 0.25) is 0 Å². The van der Waals surface area contributed by atoms with Gasteiger partial charge in [-0.25, -0.2) is 0 Å². The van der Waals surface area contributed by atoms with Gasteiger partial charge in [-0.15, -0.1) is 0 Å². The molecule has 0 fully saturated rings. The minimum absolute atomic E-state index is 0.313. The van der Waals surface area contributed by atoms with E-state index in [4.69, 9.17) is 4.84 Å². The minimum atomic E-state index is -0.313. The van der Waals surface area contributed by atoms with Crippen LogP contribution < -0.4 is 5.32 Å². The van der Waals surface area contributed by atoms with E-state index in [2.05, 4.69) is 78.9 Å². The number of hydrogen-bond acceptors (Lipinski definition) is 3. The van der Waals surface area contributed by atoms with Gasteiger partial charge in [-0.05, 0) is 69.3 Å². The Hall–Kier alpha value is -2.39. The molecule has 1 aliphatic carbocycles. The van der Waals surface area contributed by atoms with Crippen LogP contribution in [-0.2, 0) is 4.84 Å². The van der Waals surface area contributed by atoms with Crippen LogP contribution in [-0.4, -0.2) is 23.9 Å². The van der Waals surface area contributed by atoms with E-state index in [1.165, 1.54) is 29.5 Å². The molecule has 0 amide bonds. The maximum atomic E-state index is 5.78. The Morgan fingerprint density at radius 3 is 2.41 bits per heavy atom. The quantitative estimate of drug-likeness (QED) is 0.356. The molecule has 0 saturated heterocycles. The third kappa shape index (κ3) is 5.80. The Morgan fingerprint density at radius 1 is 0.966 bits per heavy atom. The zero-order chi connectivity index (χ0) is 20.9. The van der Waals surface area contributed by atoms with Crippen molar-refractivity contribution >= 4 is 11.8 Å². The van der Waals surface area contributed by atoms with Gasteiger partial charge in [0, 0.05) is 17.2 Å². The van der Waals surface area contributed by atoms with Crippen LogP contribution in [0.4, 0.5) is 0 Å². The lowest BCUT2D eigenvalue weighted by molar-refractivity contribution is 0.00121. The Labute approximate surface area is 175 Å². The van der Waals surface area contributed by atoms with Crippen molar-refractivity contribution in [3.63, 3.8) is 0 Å². The molecule has 0 radical (unpaired) electrons. The third-order valence-corrected chi connectivity index (χ3v) is 4.84. The van der Waals surface area contributed by atoms with E-state index in [0.29, 0.717) is 6.04 Å². The summed E-state index contributed by atoms with van der Waals surface area (Å²) < 4.78 is 0. The van der Waals surface area contributed by atoms with E-state index >= 15 is 0 Å². The highest BCUT2D eigenvalue weighted by Crippen LogP contribution is 2.37. The summed E-state index contributed by atoms with van der Waals surface area (Å²) in [5.41, 5.74) is 6.58. The summed E-state index contributed by atoms with van der Waals surface area (Å²) in [5, 5.41) is 8.02. The van der Waals surface area contributed by atoms with Gasteiger partial charge in [0.05, 0.1) is 0 Å². The van der Waals surface area contributed by atoms with E-state index in [0.717, 1.165) is 29.8 Å². The van der Waals surface area contributed by atoms with Crippen molar-refractivity contribution in [2.24, 2.45) is 5.16 Å². The number of oxime groups is 1. The fourth-order valence-electron chi connectivity index (χ4n) is 3.44. The van der Waals surface area contributed by atoms with Gasteiger partial charge >= 0.3 is 0 Å². The van der Waals surface area contributed by atoms with Crippen molar-refractivity contribution in [2.45, 2.75) is 65.5 Å². The Morgan fingerprint density at radius 2 is 1.69 bits per heavy atom. The zero-order valence-electron chi connectivity index (χ0n) is 18.5. The molecule has 0 heterocycles. The van der Waals surface area contributed by atoms with Gasteiger partial charge in [0.1, 0.15) is 11.3 Å². The molecule has 3 heteroatoms.